The number of rotatable bonds is 6. The monoisotopic (exact) mass is 258 g/mol. The van der Waals surface area contributed by atoms with Crippen molar-refractivity contribution in [1.29, 1.82) is 0 Å². The molecule has 0 aliphatic heterocycles. The summed E-state index contributed by atoms with van der Waals surface area (Å²) < 4.78 is 0.607. The zero-order chi connectivity index (χ0) is 14.1. The lowest BCUT2D eigenvalue weighted by atomic mass is 9.77. The van der Waals surface area contributed by atoms with E-state index >= 15 is 0 Å². The zero-order valence-corrected chi connectivity index (χ0v) is 14.6. The van der Waals surface area contributed by atoms with E-state index in [2.05, 4.69) is 81.0 Å². The Bertz CT molecular complexity index is 220. The standard InChI is InChI=1S/C16H34S/c1-11-13(3,4)15(7,8)17-16(9,10)14(5,6)12-2/h11-12H2,1-10H3. The average molecular weight is 259 g/mol. The van der Waals surface area contributed by atoms with E-state index in [4.69, 9.17) is 0 Å². The molecule has 0 amide bonds. The fraction of sp³-hybridized carbons (Fsp3) is 1.00. The molecule has 104 valence electrons. The Kier molecular flexibility index (Phi) is 5.26. The molecule has 0 aliphatic rings. The van der Waals surface area contributed by atoms with Crippen LogP contribution in [-0.2, 0) is 0 Å². The van der Waals surface area contributed by atoms with Gasteiger partial charge < -0.3 is 0 Å². The van der Waals surface area contributed by atoms with Gasteiger partial charge >= 0.3 is 0 Å². The quantitative estimate of drug-likeness (QED) is 0.550. The van der Waals surface area contributed by atoms with Gasteiger partial charge in [-0.2, -0.15) is 0 Å². The van der Waals surface area contributed by atoms with E-state index in [-0.39, 0.29) is 0 Å². The van der Waals surface area contributed by atoms with Gasteiger partial charge in [0.15, 0.2) is 0 Å². The molecule has 0 aliphatic carbocycles. The Labute approximate surface area is 114 Å². The lowest BCUT2D eigenvalue weighted by Gasteiger charge is -2.50. The van der Waals surface area contributed by atoms with E-state index in [1.165, 1.54) is 12.8 Å². The van der Waals surface area contributed by atoms with Gasteiger partial charge in [0.25, 0.3) is 0 Å². The second-order valence-corrected chi connectivity index (χ2v) is 9.84. The molecule has 0 aromatic heterocycles. The van der Waals surface area contributed by atoms with Gasteiger partial charge in [0.1, 0.15) is 0 Å². The molecule has 1 heteroatoms. The Morgan fingerprint density at radius 3 is 1.00 bits per heavy atom. The van der Waals surface area contributed by atoms with Gasteiger partial charge in [-0.15, -0.1) is 11.8 Å². The third kappa shape index (κ3) is 3.66. The summed E-state index contributed by atoms with van der Waals surface area (Å²) in [6.07, 6.45) is 2.46. The minimum atomic E-state index is 0.303. The number of hydrogen-bond acceptors (Lipinski definition) is 1. The molecule has 0 radical (unpaired) electrons. The van der Waals surface area contributed by atoms with Crippen LogP contribution < -0.4 is 0 Å². The van der Waals surface area contributed by atoms with Crippen molar-refractivity contribution in [3.63, 3.8) is 0 Å². The van der Waals surface area contributed by atoms with Gasteiger partial charge in [0.2, 0.25) is 0 Å². The van der Waals surface area contributed by atoms with Crippen molar-refractivity contribution in [2.75, 3.05) is 0 Å². The molecule has 0 heterocycles. The zero-order valence-electron chi connectivity index (χ0n) is 13.8. The highest BCUT2D eigenvalue weighted by atomic mass is 32.2. The normalized spacial score (nSPS) is 15.2. The minimum Gasteiger partial charge on any atom is -0.148 e. The lowest BCUT2D eigenvalue weighted by molar-refractivity contribution is 0.246. The van der Waals surface area contributed by atoms with E-state index in [9.17, 15) is 0 Å². The van der Waals surface area contributed by atoms with E-state index < -0.39 is 0 Å². The molecular formula is C16H34S. The van der Waals surface area contributed by atoms with Gasteiger partial charge in [0, 0.05) is 9.49 Å². The summed E-state index contributed by atoms with van der Waals surface area (Å²) >= 11 is 2.17. The molecule has 0 bridgehead atoms. The number of thioether (sulfide) groups is 1. The maximum atomic E-state index is 2.41. The van der Waals surface area contributed by atoms with Crippen LogP contribution in [0.5, 0.6) is 0 Å². The molecule has 0 atom stereocenters. The van der Waals surface area contributed by atoms with Crippen molar-refractivity contribution in [1.82, 2.24) is 0 Å². The lowest BCUT2D eigenvalue weighted by Crippen LogP contribution is -2.44. The van der Waals surface area contributed by atoms with Crippen LogP contribution in [0, 0.1) is 10.8 Å². The second kappa shape index (κ2) is 5.15. The Morgan fingerprint density at radius 1 is 0.588 bits per heavy atom. The van der Waals surface area contributed by atoms with Crippen LogP contribution in [0.1, 0.15) is 82.1 Å². The fourth-order valence-corrected chi connectivity index (χ4v) is 3.88. The Hall–Kier alpha value is 0.350. The molecule has 0 spiro atoms. The smallest absolute Gasteiger partial charge is 0.0160 e. The average Bonchev–Trinajstić information content (AvgIpc) is 2.15. The maximum absolute atomic E-state index is 2.41. The summed E-state index contributed by atoms with van der Waals surface area (Å²) in [4.78, 5) is 0. The maximum Gasteiger partial charge on any atom is 0.0160 e. The van der Waals surface area contributed by atoms with Gasteiger partial charge in [-0.25, -0.2) is 0 Å². The van der Waals surface area contributed by atoms with Gasteiger partial charge in [-0.1, -0.05) is 69.2 Å². The molecule has 0 aromatic rings. The molecule has 0 saturated heterocycles. The Morgan fingerprint density at radius 2 is 0.824 bits per heavy atom. The SMILES string of the molecule is CCC(C)(C)C(C)(C)SC(C)(C)C(C)(C)CC. The van der Waals surface area contributed by atoms with E-state index in [1.54, 1.807) is 0 Å². The van der Waals surface area contributed by atoms with Crippen LogP contribution in [0.4, 0.5) is 0 Å². The molecule has 0 aromatic carbocycles. The Balaban J connectivity index is 5.07. The van der Waals surface area contributed by atoms with E-state index in [1.807, 2.05) is 0 Å². The summed E-state index contributed by atoms with van der Waals surface area (Å²) in [5, 5.41) is 0. The molecule has 0 saturated carbocycles. The van der Waals surface area contributed by atoms with Crippen LogP contribution in [0.25, 0.3) is 0 Å². The first-order valence-electron chi connectivity index (χ1n) is 7.03. The third-order valence-corrected chi connectivity index (χ3v) is 7.66. The van der Waals surface area contributed by atoms with Crippen molar-refractivity contribution >= 4 is 11.8 Å². The summed E-state index contributed by atoms with van der Waals surface area (Å²) in [6, 6.07) is 0. The van der Waals surface area contributed by atoms with Crippen molar-refractivity contribution in [2.45, 2.75) is 91.6 Å². The van der Waals surface area contributed by atoms with Crippen LogP contribution in [0.15, 0.2) is 0 Å². The summed E-state index contributed by atoms with van der Waals surface area (Å²) in [6.45, 7) is 23.8. The largest absolute Gasteiger partial charge is 0.148 e. The fourth-order valence-electron chi connectivity index (χ4n) is 1.77. The molecule has 0 rings (SSSR count). The van der Waals surface area contributed by atoms with Crippen LogP contribution >= 0.6 is 11.8 Å². The van der Waals surface area contributed by atoms with E-state index in [0.29, 0.717) is 20.3 Å². The van der Waals surface area contributed by atoms with Crippen LogP contribution in [-0.4, -0.2) is 9.49 Å². The summed E-state index contributed by atoms with van der Waals surface area (Å²) in [5.41, 5.74) is 0.748. The topological polar surface area (TPSA) is 0 Å². The van der Waals surface area contributed by atoms with Crippen molar-refractivity contribution in [2.24, 2.45) is 10.8 Å². The predicted molar refractivity (Wildman–Crippen MR) is 83.9 cm³/mol. The molecule has 17 heavy (non-hydrogen) atoms. The highest BCUT2D eigenvalue weighted by Gasteiger charge is 2.45. The minimum absolute atomic E-state index is 0.303. The first kappa shape index (κ1) is 17.4. The van der Waals surface area contributed by atoms with Crippen molar-refractivity contribution < 1.29 is 0 Å². The predicted octanol–water partition coefficient (Wildman–Crippen LogP) is 6.15. The van der Waals surface area contributed by atoms with Crippen molar-refractivity contribution in [3.05, 3.63) is 0 Å². The van der Waals surface area contributed by atoms with Crippen LogP contribution in [0.2, 0.25) is 0 Å². The summed E-state index contributed by atoms with van der Waals surface area (Å²) in [7, 11) is 0. The highest BCUT2D eigenvalue weighted by molar-refractivity contribution is 8.02. The van der Waals surface area contributed by atoms with Gasteiger partial charge in [0.05, 0.1) is 0 Å². The molecule has 0 N–H and O–H groups in total. The molecule has 0 nitrogen and oxygen atoms in total. The molecular weight excluding hydrogens is 224 g/mol. The third-order valence-electron chi connectivity index (χ3n) is 5.54. The van der Waals surface area contributed by atoms with Crippen molar-refractivity contribution in [3.8, 4) is 0 Å². The van der Waals surface area contributed by atoms with Crippen LogP contribution in [0.3, 0.4) is 0 Å². The van der Waals surface area contributed by atoms with Gasteiger partial charge in [-0.3, -0.25) is 0 Å². The summed E-state index contributed by atoms with van der Waals surface area (Å²) in [5.74, 6) is 0. The molecule has 0 fully saturated rings. The first-order valence-corrected chi connectivity index (χ1v) is 7.85. The second-order valence-electron chi connectivity index (χ2n) is 7.60. The molecule has 0 unspecified atom stereocenters. The van der Waals surface area contributed by atoms with Gasteiger partial charge in [-0.05, 0) is 23.7 Å². The number of hydrogen-bond donors (Lipinski definition) is 0. The highest BCUT2D eigenvalue weighted by Crippen LogP contribution is 2.54. The van der Waals surface area contributed by atoms with E-state index in [0.717, 1.165) is 0 Å². The first-order chi connectivity index (χ1) is 7.33.